The minimum absolute atomic E-state index is 0.0817. The number of aromatic amines is 1. The van der Waals surface area contributed by atoms with E-state index in [1.165, 1.54) is 6.42 Å². The van der Waals surface area contributed by atoms with E-state index < -0.39 is 6.04 Å². The average Bonchev–Trinajstić information content (AvgIpc) is 3.69. The molecule has 9 nitrogen and oxygen atoms in total. The zero-order chi connectivity index (χ0) is 25.2. The standard InChI is InChI=1S/C28H34N6O3/c1-19-11-12-25-20(15-19)16-24(28(35)29-25)26(27-30-31-32-34(27)21-7-3-2-4-8-21)33(17-22-9-5-13-36-22)18-23-10-6-14-37-23/h5,9,11-13,15-16,21,23,26H,2-4,6-8,10,14,17-18H2,1H3,(H,29,35)/t23-,26-/m0/s1. The number of rotatable bonds is 8. The number of hydrogen-bond acceptors (Lipinski definition) is 7. The van der Waals surface area contributed by atoms with E-state index in [9.17, 15) is 4.79 Å². The maximum absolute atomic E-state index is 13.7. The first kappa shape index (κ1) is 24.1. The molecule has 2 atom stereocenters. The Labute approximate surface area is 215 Å². The molecule has 1 aromatic carbocycles. The van der Waals surface area contributed by atoms with E-state index in [1.54, 1.807) is 6.26 Å². The highest BCUT2D eigenvalue weighted by Gasteiger charge is 2.35. The number of hydrogen-bond donors (Lipinski definition) is 1. The molecule has 2 aliphatic rings. The molecule has 2 fully saturated rings. The van der Waals surface area contributed by atoms with Crippen molar-refractivity contribution in [3.8, 4) is 0 Å². The van der Waals surface area contributed by atoms with Gasteiger partial charge in [-0.25, -0.2) is 4.68 Å². The summed E-state index contributed by atoms with van der Waals surface area (Å²) in [7, 11) is 0. The maximum Gasteiger partial charge on any atom is 0.253 e. The monoisotopic (exact) mass is 502 g/mol. The fraction of sp³-hybridized carbons (Fsp3) is 0.500. The maximum atomic E-state index is 13.7. The Morgan fingerprint density at radius 1 is 1.14 bits per heavy atom. The van der Waals surface area contributed by atoms with Crippen LogP contribution in [0.4, 0.5) is 0 Å². The molecule has 3 aromatic heterocycles. The first-order valence-corrected chi connectivity index (χ1v) is 13.4. The fourth-order valence-corrected chi connectivity index (χ4v) is 5.93. The number of fused-ring (bicyclic) bond motifs is 1. The Morgan fingerprint density at radius 3 is 2.81 bits per heavy atom. The third-order valence-electron chi connectivity index (χ3n) is 7.77. The third kappa shape index (κ3) is 5.10. The van der Waals surface area contributed by atoms with Crippen LogP contribution in [0.15, 0.2) is 51.9 Å². The van der Waals surface area contributed by atoms with Crippen LogP contribution in [-0.4, -0.2) is 49.3 Å². The molecule has 1 saturated carbocycles. The molecule has 0 spiro atoms. The van der Waals surface area contributed by atoms with Crippen molar-refractivity contribution < 1.29 is 9.15 Å². The summed E-state index contributed by atoms with van der Waals surface area (Å²) in [5, 5.41) is 14.2. The van der Waals surface area contributed by atoms with Gasteiger partial charge in [-0.05, 0) is 78.8 Å². The molecule has 1 N–H and O–H groups in total. The molecule has 6 rings (SSSR count). The number of aryl methyl sites for hydroxylation is 1. The van der Waals surface area contributed by atoms with Gasteiger partial charge in [0.1, 0.15) is 11.8 Å². The van der Waals surface area contributed by atoms with Gasteiger partial charge in [0.2, 0.25) is 0 Å². The second kappa shape index (κ2) is 10.6. The Balaban J connectivity index is 1.50. The molecule has 1 aliphatic carbocycles. The zero-order valence-electron chi connectivity index (χ0n) is 21.3. The highest BCUT2D eigenvalue weighted by atomic mass is 16.5. The number of pyridine rings is 1. The molecule has 0 bridgehead atoms. The molecule has 0 radical (unpaired) electrons. The fourth-order valence-electron chi connectivity index (χ4n) is 5.93. The van der Waals surface area contributed by atoms with Crippen LogP contribution < -0.4 is 5.56 Å². The molecule has 9 heteroatoms. The quantitative estimate of drug-likeness (QED) is 0.373. The zero-order valence-corrected chi connectivity index (χ0v) is 21.3. The van der Waals surface area contributed by atoms with E-state index in [0.29, 0.717) is 24.5 Å². The van der Waals surface area contributed by atoms with Crippen molar-refractivity contribution >= 4 is 10.9 Å². The predicted molar refractivity (Wildman–Crippen MR) is 139 cm³/mol. The van der Waals surface area contributed by atoms with Crippen molar-refractivity contribution in [2.75, 3.05) is 13.2 Å². The van der Waals surface area contributed by atoms with Crippen molar-refractivity contribution in [3.05, 3.63) is 75.7 Å². The lowest BCUT2D eigenvalue weighted by atomic mass is 9.95. The summed E-state index contributed by atoms with van der Waals surface area (Å²) in [4.78, 5) is 19.0. The summed E-state index contributed by atoms with van der Waals surface area (Å²) in [6.45, 7) is 3.99. The molecular formula is C28H34N6O3. The predicted octanol–water partition coefficient (Wildman–Crippen LogP) is 4.69. The lowest BCUT2D eigenvalue weighted by molar-refractivity contribution is 0.0539. The highest BCUT2D eigenvalue weighted by Crippen LogP contribution is 2.34. The first-order chi connectivity index (χ1) is 18.2. The molecule has 4 aromatic rings. The van der Waals surface area contributed by atoms with Gasteiger partial charge in [-0.2, -0.15) is 0 Å². The summed E-state index contributed by atoms with van der Waals surface area (Å²) in [5.41, 5.74) is 2.47. The SMILES string of the molecule is Cc1ccc2[nH]c(=O)c([C@@H](c3nnnn3C3CCCCC3)N(Cc3ccco3)C[C@@H]3CCCO3)cc2c1. The summed E-state index contributed by atoms with van der Waals surface area (Å²) in [5.74, 6) is 1.53. The largest absolute Gasteiger partial charge is 0.468 e. The lowest BCUT2D eigenvalue weighted by Crippen LogP contribution is -2.39. The molecule has 0 unspecified atom stereocenters. The number of ether oxygens (including phenoxy) is 1. The van der Waals surface area contributed by atoms with Crippen LogP contribution >= 0.6 is 0 Å². The second-order valence-electron chi connectivity index (χ2n) is 10.5. The highest BCUT2D eigenvalue weighted by molar-refractivity contribution is 5.79. The van der Waals surface area contributed by atoms with Gasteiger partial charge < -0.3 is 14.1 Å². The van der Waals surface area contributed by atoms with Crippen molar-refractivity contribution in [3.63, 3.8) is 0 Å². The van der Waals surface area contributed by atoms with Crippen molar-refractivity contribution in [2.24, 2.45) is 0 Å². The Hall–Kier alpha value is -3.30. The summed E-state index contributed by atoms with van der Waals surface area (Å²) in [6.07, 6.45) is 9.45. The van der Waals surface area contributed by atoms with E-state index >= 15 is 0 Å². The number of nitrogens with zero attached hydrogens (tertiary/aromatic N) is 5. The summed E-state index contributed by atoms with van der Waals surface area (Å²) in [6, 6.07) is 11.7. The normalized spacial score (nSPS) is 19.7. The van der Waals surface area contributed by atoms with E-state index in [1.807, 2.05) is 35.0 Å². The van der Waals surface area contributed by atoms with Gasteiger partial charge in [-0.15, -0.1) is 5.10 Å². The Morgan fingerprint density at radius 2 is 2.03 bits per heavy atom. The smallest absolute Gasteiger partial charge is 0.253 e. The molecule has 4 heterocycles. The second-order valence-corrected chi connectivity index (χ2v) is 10.5. The molecular weight excluding hydrogens is 468 g/mol. The number of furan rings is 1. The Kier molecular flexibility index (Phi) is 6.89. The van der Waals surface area contributed by atoms with E-state index in [-0.39, 0.29) is 17.7 Å². The van der Waals surface area contributed by atoms with Crippen LogP contribution in [0.25, 0.3) is 10.9 Å². The molecule has 194 valence electrons. The number of H-pyrrole nitrogens is 1. The minimum Gasteiger partial charge on any atom is -0.468 e. The van der Waals surface area contributed by atoms with E-state index in [4.69, 9.17) is 9.15 Å². The van der Waals surface area contributed by atoms with E-state index in [0.717, 1.165) is 67.4 Å². The van der Waals surface area contributed by atoms with Gasteiger partial charge in [-0.1, -0.05) is 30.9 Å². The molecule has 37 heavy (non-hydrogen) atoms. The van der Waals surface area contributed by atoms with Gasteiger partial charge >= 0.3 is 0 Å². The van der Waals surface area contributed by atoms with Crippen LogP contribution in [0.5, 0.6) is 0 Å². The molecule has 0 amide bonds. The Bertz CT molecular complexity index is 1380. The molecule has 1 aliphatic heterocycles. The number of benzene rings is 1. The van der Waals surface area contributed by atoms with Gasteiger partial charge in [0.15, 0.2) is 5.82 Å². The number of aromatic nitrogens is 5. The lowest BCUT2D eigenvalue weighted by Gasteiger charge is -2.33. The van der Waals surface area contributed by atoms with Crippen molar-refractivity contribution in [2.45, 2.75) is 76.6 Å². The average molecular weight is 503 g/mol. The summed E-state index contributed by atoms with van der Waals surface area (Å²) >= 11 is 0. The molecule has 1 saturated heterocycles. The van der Waals surface area contributed by atoms with Crippen molar-refractivity contribution in [1.82, 2.24) is 30.1 Å². The number of nitrogens with one attached hydrogen (secondary N) is 1. The van der Waals surface area contributed by atoms with Gasteiger partial charge in [0.05, 0.1) is 25.0 Å². The summed E-state index contributed by atoms with van der Waals surface area (Å²) < 4.78 is 13.8. The first-order valence-electron chi connectivity index (χ1n) is 13.4. The van der Waals surface area contributed by atoms with Crippen LogP contribution in [0.1, 0.15) is 79.7 Å². The number of tetrazole rings is 1. The third-order valence-corrected chi connectivity index (χ3v) is 7.77. The van der Waals surface area contributed by atoms with Gasteiger partial charge in [-0.3, -0.25) is 9.69 Å². The van der Waals surface area contributed by atoms with Gasteiger partial charge in [0.25, 0.3) is 5.56 Å². The van der Waals surface area contributed by atoms with Crippen LogP contribution in [0.2, 0.25) is 0 Å². The minimum atomic E-state index is -0.458. The van der Waals surface area contributed by atoms with Crippen LogP contribution in [-0.2, 0) is 11.3 Å². The van der Waals surface area contributed by atoms with Crippen molar-refractivity contribution in [1.29, 1.82) is 0 Å². The topological polar surface area (TPSA) is 102 Å². The van der Waals surface area contributed by atoms with Crippen LogP contribution in [0.3, 0.4) is 0 Å². The van der Waals surface area contributed by atoms with Crippen LogP contribution in [0, 0.1) is 6.92 Å². The van der Waals surface area contributed by atoms with E-state index in [2.05, 4.69) is 38.4 Å². The van der Waals surface area contributed by atoms with Gasteiger partial charge in [0, 0.05) is 24.2 Å².